The fourth-order valence-electron chi connectivity index (χ4n) is 1.97. The van der Waals surface area contributed by atoms with Crippen LogP contribution in [0.3, 0.4) is 0 Å². The third-order valence-electron chi connectivity index (χ3n) is 2.98. The highest BCUT2D eigenvalue weighted by molar-refractivity contribution is 6.09. The molecule has 0 aromatic heterocycles. The summed E-state index contributed by atoms with van der Waals surface area (Å²) in [7, 11) is 1.61. The van der Waals surface area contributed by atoms with E-state index in [4.69, 9.17) is 4.74 Å². The molecule has 0 heterocycles. The van der Waals surface area contributed by atoms with Crippen LogP contribution in [-0.2, 0) is 0 Å². The van der Waals surface area contributed by atoms with Crippen LogP contribution in [-0.4, -0.2) is 12.9 Å². The van der Waals surface area contributed by atoms with Gasteiger partial charge < -0.3 is 4.74 Å². The first-order valence-electron chi connectivity index (χ1n) is 5.88. The summed E-state index contributed by atoms with van der Waals surface area (Å²) >= 11 is 0. The molecule has 0 aliphatic heterocycles. The predicted octanol–water partition coefficient (Wildman–Crippen LogP) is 3.54. The topological polar surface area (TPSA) is 26.3 Å². The fraction of sp³-hybridized carbons (Fsp3) is 0.188. The number of hydrogen-bond donors (Lipinski definition) is 0. The third-order valence-corrected chi connectivity index (χ3v) is 2.98. The van der Waals surface area contributed by atoms with Crippen LogP contribution >= 0.6 is 0 Å². The highest BCUT2D eigenvalue weighted by atomic mass is 16.5. The van der Waals surface area contributed by atoms with E-state index >= 15 is 0 Å². The van der Waals surface area contributed by atoms with Gasteiger partial charge in [0.15, 0.2) is 5.78 Å². The molecule has 0 amide bonds. The number of aryl methyl sites for hydroxylation is 2. The van der Waals surface area contributed by atoms with Crippen molar-refractivity contribution in [2.24, 2.45) is 0 Å². The van der Waals surface area contributed by atoms with E-state index < -0.39 is 0 Å². The average Bonchev–Trinajstić information content (AvgIpc) is 2.38. The summed E-state index contributed by atoms with van der Waals surface area (Å²) < 4.78 is 5.08. The Morgan fingerprint density at radius 1 is 1.00 bits per heavy atom. The Morgan fingerprint density at radius 2 is 1.67 bits per heavy atom. The lowest BCUT2D eigenvalue weighted by Gasteiger charge is -2.07. The highest BCUT2D eigenvalue weighted by Crippen LogP contribution is 2.18. The second kappa shape index (κ2) is 5.05. The minimum absolute atomic E-state index is 0.0511. The Labute approximate surface area is 107 Å². The molecule has 0 aliphatic rings. The number of benzene rings is 2. The van der Waals surface area contributed by atoms with Crippen LogP contribution in [0.25, 0.3) is 0 Å². The number of carbonyl (C=O) groups excluding carboxylic acids is 1. The van der Waals surface area contributed by atoms with Crippen molar-refractivity contribution in [1.82, 2.24) is 0 Å². The van der Waals surface area contributed by atoms with Gasteiger partial charge in [-0.25, -0.2) is 0 Å². The van der Waals surface area contributed by atoms with Crippen LogP contribution in [0.5, 0.6) is 5.75 Å². The van der Waals surface area contributed by atoms with E-state index in [0.717, 1.165) is 16.9 Å². The maximum absolute atomic E-state index is 12.3. The Hall–Kier alpha value is -2.09. The Kier molecular flexibility index (Phi) is 3.47. The van der Waals surface area contributed by atoms with E-state index in [2.05, 4.69) is 0 Å². The molecule has 2 heteroatoms. The summed E-state index contributed by atoms with van der Waals surface area (Å²) in [6, 6.07) is 13.1. The molecular weight excluding hydrogens is 224 g/mol. The van der Waals surface area contributed by atoms with Crippen molar-refractivity contribution in [3.63, 3.8) is 0 Å². The van der Waals surface area contributed by atoms with Gasteiger partial charge in [-0.15, -0.1) is 0 Å². The van der Waals surface area contributed by atoms with Gasteiger partial charge in [-0.1, -0.05) is 23.8 Å². The van der Waals surface area contributed by atoms with E-state index in [0.29, 0.717) is 5.56 Å². The lowest BCUT2D eigenvalue weighted by molar-refractivity contribution is 0.103. The summed E-state index contributed by atoms with van der Waals surface area (Å²) in [5.41, 5.74) is 3.61. The molecule has 0 fully saturated rings. The third kappa shape index (κ3) is 2.43. The van der Waals surface area contributed by atoms with Gasteiger partial charge in [-0.2, -0.15) is 0 Å². The molecule has 18 heavy (non-hydrogen) atoms. The number of carbonyl (C=O) groups is 1. The highest BCUT2D eigenvalue weighted by Gasteiger charge is 2.11. The maximum Gasteiger partial charge on any atom is 0.193 e. The van der Waals surface area contributed by atoms with Crippen molar-refractivity contribution in [3.05, 3.63) is 64.7 Å². The maximum atomic E-state index is 12.3. The first-order valence-corrected chi connectivity index (χ1v) is 5.88. The number of ketones is 1. The van der Waals surface area contributed by atoms with Crippen molar-refractivity contribution in [1.29, 1.82) is 0 Å². The molecule has 0 radical (unpaired) electrons. The van der Waals surface area contributed by atoms with Gasteiger partial charge >= 0.3 is 0 Å². The molecular formula is C16H16O2. The minimum atomic E-state index is 0.0511. The largest absolute Gasteiger partial charge is 0.497 e. The molecule has 0 saturated heterocycles. The van der Waals surface area contributed by atoms with Gasteiger partial charge in [0, 0.05) is 11.1 Å². The first-order chi connectivity index (χ1) is 8.61. The smallest absolute Gasteiger partial charge is 0.193 e. The average molecular weight is 240 g/mol. The normalized spacial score (nSPS) is 10.2. The molecule has 0 spiro atoms. The SMILES string of the molecule is COc1ccc(C(=O)c2ccc(C)cc2C)cc1. The lowest BCUT2D eigenvalue weighted by Crippen LogP contribution is -2.03. The van der Waals surface area contributed by atoms with Crippen LogP contribution in [0.15, 0.2) is 42.5 Å². The molecule has 2 nitrogen and oxygen atoms in total. The van der Waals surface area contributed by atoms with Gasteiger partial charge in [0.05, 0.1) is 7.11 Å². The van der Waals surface area contributed by atoms with E-state index in [1.54, 1.807) is 31.4 Å². The number of ether oxygens (including phenoxy) is 1. The lowest BCUT2D eigenvalue weighted by atomic mass is 9.97. The van der Waals surface area contributed by atoms with Gasteiger partial charge in [0.25, 0.3) is 0 Å². The minimum Gasteiger partial charge on any atom is -0.497 e. The van der Waals surface area contributed by atoms with Gasteiger partial charge in [-0.05, 0) is 43.7 Å². The van der Waals surface area contributed by atoms with Crippen molar-refractivity contribution < 1.29 is 9.53 Å². The van der Waals surface area contributed by atoms with Gasteiger partial charge in [0.2, 0.25) is 0 Å². The van der Waals surface area contributed by atoms with E-state index in [1.165, 1.54) is 5.56 Å². The molecule has 2 aromatic rings. The molecule has 0 aliphatic carbocycles. The molecule has 0 saturated carbocycles. The molecule has 0 bridgehead atoms. The van der Waals surface area contributed by atoms with Crippen LogP contribution in [0, 0.1) is 13.8 Å². The van der Waals surface area contributed by atoms with Crippen molar-refractivity contribution >= 4 is 5.78 Å². The summed E-state index contributed by atoms with van der Waals surface area (Å²) in [4.78, 5) is 12.3. The summed E-state index contributed by atoms with van der Waals surface area (Å²) in [6.07, 6.45) is 0. The molecule has 0 unspecified atom stereocenters. The summed E-state index contributed by atoms with van der Waals surface area (Å²) in [5.74, 6) is 0.808. The number of hydrogen-bond acceptors (Lipinski definition) is 2. The van der Waals surface area contributed by atoms with Gasteiger partial charge in [-0.3, -0.25) is 4.79 Å². The van der Waals surface area contributed by atoms with E-state index in [9.17, 15) is 4.79 Å². The summed E-state index contributed by atoms with van der Waals surface area (Å²) in [5, 5.41) is 0. The molecule has 92 valence electrons. The van der Waals surface area contributed by atoms with Crippen LogP contribution < -0.4 is 4.74 Å². The fourth-order valence-corrected chi connectivity index (χ4v) is 1.97. The summed E-state index contributed by atoms with van der Waals surface area (Å²) in [6.45, 7) is 3.98. The molecule has 2 aromatic carbocycles. The van der Waals surface area contributed by atoms with Crippen LogP contribution in [0.2, 0.25) is 0 Å². The molecule has 2 rings (SSSR count). The zero-order valence-corrected chi connectivity index (χ0v) is 10.9. The zero-order chi connectivity index (χ0) is 13.1. The van der Waals surface area contributed by atoms with Crippen molar-refractivity contribution in [3.8, 4) is 5.75 Å². The number of methoxy groups -OCH3 is 1. The Bertz CT molecular complexity index is 568. The Morgan fingerprint density at radius 3 is 2.22 bits per heavy atom. The van der Waals surface area contributed by atoms with Crippen molar-refractivity contribution in [2.45, 2.75) is 13.8 Å². The second-order valence-corrected chi connectivity index (χ2v) is 4.38. The van der Waals surface area contributed by atoms with E-state index in [-0.39, 0.29) is 5.78 Å². The van der Waals surface area contributed by atoms with Crippen LogP contribution in [0.4, 0.5) is 0 Å². The first kappa shape index (κ1) is 12.4. The Balaban J connectivity index is 2.35. The molecule has 0 atom stereocenters. The predicted molar refractivity (Wildman–Crippen MR) is 72.3 cm³/mol. The zero-order valence-electron chi connectivity index (χ0n) is 10.9. The monoisotopic (exact) mass is 240 g/mol. The number of rotatable bonds is 3. The van der Waals surface area contributed by atoms with E-state index in [1.807, 2.05) is 32.0 Å². The van der Waals surface area contributed by atoms with Crippen LogP contribution in [0.1, 0.15) is 27.0 Å². The second-order valence-electron chi connectivity index (χ2n) is 4.38. The molecule has 0 N–H and O–H groups in total. The quantitative estimate of drug-likeness (QED) is 0.767. The van der Waals surface area contributed by atoms with Crippen molar-refractivity contribution in [2.75, 3.05) is 7.11 Å². The standard InChI is InChI=1S/C16H16O2/c1-11-4-9-15(12(2)10-11)16(17)13-5-7-14(18-3)8-6-13/h4-10H,1-3H3. The van der Waals surface area contributed by atoms with Gasteiger partial charge in [0.1, 0.15) is 5.75 Å².